The minimum Gasteiger partial charge on any atom is -0.303 e. The quantitative estimate of drug-likeness (QED) is 0.737. The number of thiazole rings is 1. The topological polar surface area (TPSA) is 16.1 Å². The predicted molar refractivity (Wildman–Crippen MR) is 74.8 cm³/mol. The molecule has 4 heteroatoms. The predicted octanol–water partition coefficient (Wildman–Crippen LogP) is 3.55. The van der Waals surface area contributed by atoms with E-state index in [0.717, 1.165) is 24.6 Å². The molecule has 0 aromatic carbocycles. The SMILES string of the molecule is CCCC1CCN(CCc2nc(CCl)cs2)C1. The van der Waals surface area contributed by atoms with Crippen molar-refractivity contribution < 1.29 is 0 Å². The van der Waals surface area contributed by atoms with E-state index in [1.807, 2.05) is 0 Å². The molecule has 1 unspecified atom stereocenters. The van der Waals surface area contributed by atoms with Crippen molar-refractivity contribution in [1.82, 2.24) is 9.88 Å². The van der Waals surface area contributed by atoms with E-state index < -0.39 is 0 Å². The molecule has 1 aliphatic rings. The van der Waals surface area contributed by atoms with Gasteiger partial charge in [0.15, 0.2) is 0 Å². The lowest BCUT2D eigenvalue weighted by molar-refractivity contribution is 0.324. The molecule has 1 aromatic heterocycles. The van der Waals surface area contributed by atoms with E-state index in [2.05, 4.69) is 22.2 Å². The van der Waals surface area contributed by atoms with Crippen molar-refractivity contribution in [3.63, 3.8) is 0 Å². The zero-order valence-corrected chi connectivity index (χ0v) is 12.1. The van der Waals surface area contributed by atoms with Gasteiger partial charge in [0.05, 0.1) is 16.6 Å². The van der Waals surface area contributed by atoms with Gasteiger partial charge in [0.25, 0.3) is 0 Å². The molecule has 0 spiro atoms. The van der Waals surface area contributed by atoms with Crippen LogP contribution in [0.25, 0.3) is 0 Å². The maximum atomic E-state index is 5.76. The van der Waals surface area contributed by atoms with E-state index in [4.69, 9.17) is 11.6 Å². The molecule has 1 saturated heterocycles. The molecule has 0 bridgehead atoms. The second kappa shape index (κ2) is 6.72. The Balaban J connectivity index is 1.72. The molecule has 0 N–H and O–H groups in total. The second-order valence-electron chi connectivity index (χ2n) is 4.86. The number of alkyl halides is 1. The lowest BCUT2D eigenvalue weighted by Gasteiger charge is -2.14. The van der Waals surface area contributed by atoms with Gasteiger partial charge in [0.2, 0.25) is 0 Å². The molecule has 1 aromatic rings. The summed E-state index contributed by atoms with van der Waals surface area (Å²) < 4.78 is 0. The van der Waals surface area contributed by atoms with Crippen molar-refractivity contribution in [1.29, 1.82) is 0 Å². The number of hydrogen-bond donors (Lipinski definition) is 0. The molecule has 2 nitrogen and oxygen atoms in total. The van der Waals surface area contributed by atoms with Gasteiger partial charge < -0.3 is 4.90 Å². The highest BCUT2D eigenvalue weighted by Gasteiger charge is 2.21. The second-order valence-corrected chi connectivity index (χ2v) is 6.07. The van der Waals surface area contributed by atoms with E-state index in [9.17, 15) is 0 Å². The summed E-state index contributed by atoms with van der Waals surface area (Å²) in [5.41, 5.74) is 1.02. The molecule has 96 valence electrons. The van der Waals surface area contributed by atoms with Crippen molar-refractivity contribution in [2.75, 3.05) is 19.6 Å². The van der Waals surface area contributed by atoms with Crippen LogP contribution in [0.15, 0.2) is 5.38 Å². The van der Waals surface area contributed by atoms with Crippen molar-refractivity contribution in [3.8, 4) is 0 Å². The Morgan fingerprint density at radius 2 is 2.47 bits per heavy atom. The number of likely N-dealkylation sites (tertiary alicyclic amines) is 1. The molecule has 17 heavy (non-hydrogen) atoms. The standard InChI is InChI=1S/C13H21ClN2S/c1-2-3-11-4-6-16(9-11)7-5-13-15-12(8-14)10-17-13/h10-11H,2-9H2,1H3. The molecule has 2 heterocycles. The zero-order valence-electron chi connectivity index (χ0n) is 10.5. The van der Waals surface area contributed by atoms with Gasteiger partial charge in [-0.1, -0.05) is 13.3 Å². The number of rotatable bonds is 6. The molecule has 0 saturated carbocycles. The summed E-state index contributed by atoms with van der Waals surface area (Å²) in [6.07, 6.45) is 5.19. The van der Waals surface area contributed by atoms with Crippen LogP contribution in [-0.2, 0) is 12.3 Å². The van der Waals surface area contributed by atoms with Gasteiger partial charge in [-0.3, -0.25) is 0 Å². The summed E-state index contributed by atoms with van der Waals surface area (Å²) in [7, 11) is 0. The lowest BCUT2D eigenvalue weighted by atomic mass is 10.0. The highest BCUT2D eigenvalue weighted by molar-refractivity contribution is 7.09. The molecule has 0 aliphatic carbocycles. The largest absolute Gasteiger partial charge is 0.303 e. The van der Waals surface area contributed by atoms with E-state index in [1.165, 1.54) is 37.4 Å². The third-order valence-corrected chi connectivity index (χ3v) is 4.68. The van der Waals surface area contributed by atoms with Crippen molar-refractivity contribution >= 4 is 22.9 Å². The van der Waals surface area contributed by atoms with E-state index in [1.54, 1.807) is 11.3 Å². The smallest absolute Gasteiger partial charge is 0.0941 e. The monoisotopic (exact) mass is 272 g/mol. The van der Waals surface area contributed by atoms with Crippen LogP contribution in [-0.4, -0.2) is 29.5 Å². The van der Waals surface area contributed by atoms with Crippen molar-refractivity contribution in [2.24, 2.45) is 5.92 Å². The van der Waals surface area contributed by atoms with Gasteiger partial charge >= 0.3 is 0 Å². The molecule has 0 radical (unpaired) electrons. The Hall–Kier alpha value is -0.120. The minimum absolute atomic E-state index is 0.540. The molecule has 2 rings (SSSR count). The maximum Gasteiger partial charge on any atom is 0.0941 e. The molecular formula is C13H21ClN2S. The van der Waals surface area contributed by atoms with E-state index >= 15 is 0 Å². The van der Waals surface area contributed by atoms with Crippen LogP contribution in [0.3, 0.4) is 0 Å². The number of hydrogen-bond acceptors (Lipinski definition) is 3. The molecule has 0 amide bonds. The summed E-state index contributed by atoms with van der Waals surface area (Å²) in [6, 6.07) is 0. The van der Waals surface area contributed by atoms with Crippen molar-refractivity contribution in [3.05, 3.63) is 16.1 Å². The van der Waals surface area contributed by atoms with Gasteiger partial charge in [-0.05, 0) is 25.3 Å². The summed E-state index contributed by atoms with van der Waals surface area (Å²) in [5.74, 6) is 1.48. The first-order valence-corrected chi connectivity index (χ1v) is 7.94. The van der Waals surface area contributed by atoms with Gasteiger partial charge in [0.1, 0.15) is 0 Å². The normalized spacial score (nSPS) is 21.2. The fraction of sp³-hybridized carbons (Fsp3) is 0.769. The summed E-state index contributed by atoms with van der Waals surface area (Å²) in [5, 5.41) is 3.31. The lowest BCUT2D eigenvalue weighted by Crippen LogP contribution is -2.23. The van der Waals surface area contributed by atoms with Crippen LogP contribution >= 0.6 is 22.9 Å². The van der Waals surface area contributed by atoms with Gasteiger partial charge in [-0.15, -0.1) is 22.9 Å². The summed E-state index contributed by atoms with van der Waals surface area (Å²) >= 11 is 7.50. The molecule has 1 fully saturated rings. The Morgan fingerprint density at radius 3 is 3.18 bits per heavy atom. The average Bonchev–Trinajstić information content (AvgIpc) is 2.95. The van der Waals surface area contributed by atoms with Crippen molar-refractivity contribution in [2.45, 2.75) is 38.5 Å². The number of nitrogens with zero attached hydrogens (tertiary/aromatic N) is 2. The third kappa shape index (κ3) is 3.94. The minimum atomic E-state index is 0.540. The number of halogens is 1. The maximum absolute atomic E-state index is 5.76. The Morgan fingerprint density at radius 1 is 1.59 bits per heavy atom. The fourth-order valence-corrected chi connectivity index (χ4v) is 3.55. The van der Waals surface area contributed by atoms with Crippen LogP contribution in [0.2, 0.25) is 0 Å². The van der Waals surface area contributed by atoms with Crippen LogP contribution in [0.1, 0.15) is 36.9 Å². The van der Waals surface area contributed by atoms with Crippen LogP contribution in [0, 0.1) is 5.92 Å². The highest BCUT2D eigenvalue weighted by Crippen LogP contribution is 2.21. The third-order valence-electron chi connectivity index (χ3n) is 3.45. The summed E-state index contributed by atoms with van der Waals surface area (Å²) in [6.45, 7) is 6.02. The highest BCUT2D eigenvalue weighted by atomic mass is 35.5. The van der Waals surface area contributed by atoms with E-state index in [0.29, 0.717) is 5.88 Å². The van der Waals surface area contributed by atoms with Crippen LogP contribution in [0.5, 0.6) is 0 Å². The first-order chi connectivity index (χ1) is 8.31. The molecular weight excluding hydrogens is 252 g/mol. The zero-order chi connectivity index (χ0) is 12.1. The van der Waals surface area contributed by atoms with Gasteiger partial charge in [-0.2, -0.15) is 0 Å². The van der Waals surface area contributed by atoms with Crippen LogP contribution < -0.4 is 0 Å². The van der Waals surface area contributed by atoms with Crippen LogP contribution in [0.4, 0.5) is 0 Å². The summed E-state index contributed by atoms with van der Waals surface area (Å²) in [4.78, 5) is 7.09. The molecule has 1 aliphatic heterocycles. The number of aromatic nitrogens is 1. The Bertz CT molecular complexity index is 340. The average molecular weight is 273 g/mol. The molecule has 1 atom stereocenters. The Labute approximate surface area is 113 Å². The Kier molecular flexibility index (Phi) is 5.26. The van der Waals surface area contributed by atoms with Gasteiger partial charge in [0, 0.05) is 24.9 Å². The fourth-order valence-electron chi connectivity index (χ4n) is 2.54. The van der Waals surface area contributed by atoms with E-state index in [-0.39, 0.29) is 0 Å². The van der Waals surface area contributed by atoms with Gasteiger partial charge in [-0.25, -0.2) is 4.98 Å². The first-order valence-electron chi connectivity index (χ1n) is 6.53. The first kappa shape index (κ1) is 13.3.